The second-order valence-electron chi connectivity index (χ2n) is 7.71. The van der Waals surface area contributed by atoms with Crippen molar-refractivity contribution >= 4 is 29.3 Å². The fourth-order valence-electron chi connectivity index (χ4n) is 2.80. The molecule has 2 rings (SSSR count). The Hall–Kier alpha value is -3.17. The number of carbonyl (C=O) groups is 3. The summed E-state index contributed by atoms with van der Waals surface area (Å²) in [6.07, 6.45) is -0.724. The van der Waals surface area contributed by atoms with Gasteiger partial charge in [-0.1, -0.05) is 6.07 Å². The van der Waals surface area contributed by atoms with Crippen molar-refractivity contribution in [3.8, 4) is 0 Å². The summed E-state index contributed by atoms with van der Waals surface area (Å²) in [7, 11) is 0. The molecule has 0 spiro atoms. The smallest absolute Gasteiger partial charge is 0.411 e. The zero-order valence-corrected chi connectivity index (χ0v) is 16.8. The SMILES string of the molecule is CC(OC(=O)[C@@H]1CCCN1C(=O)OC(C)(C)C)C(=O)Nc1cccc([N+](=O)[O-])c1. The Balaban J connectivity index is 1.96. The van der Waals surface area contributed by atoms with Gasteiger partial charge in [-0.2, -0.15) is 0 Å². The van der Waals surface area contributed by atoms with E-state index in [1.54, 1.807) is 20.8 Å². The molecule has 1 heterocycles. The summed E-state index contributed by atoms with van der Waals surface area (Å²) in [5, 5.41) is 13.3. The molecule has 1 aliphatic rings. The molecule has 158 valence electrons. The molecule has 1 fully saturated rings. The van der Waals surface area contributed by atoms with Gasteiger partial charge in [0.05, 0.1) is 4.92 Å². The van der Waals surface area contributed by atoms with Gasteiger partial charge in [-0.3, -0.25) is 19.8 Å². The number of nitrogens with one attached hydrogen (secondary N) is 1. The molecule has 1 saturated heterocycles. The van der Waals surface area contributed by atoms with Crippen LogP contribution < -0.4 is 5.32 Å². The topological polar surface area (TPSA) is 128 Å². The zero-order chi connectivity index (χ0) is 21.8. The number of ether oxygens (including phenoxy) is 2. The van der Waals surface area contributed by atoms with E-state index >= 15 is 0 Å². The van der Waals surface area contributed by atoms with Gasteiger partial charge < -0.3 is 14.8 Å². The molecule has 1 N–H and O–H groups in total. The Kier molecular flexibility index (Phi) is 6.78. The Labute approximate surface area is 168 Å². The first-order valence-electron chi connectivity index (χ1n) is 9.23. The van der Waals surface area contributed by atoms with Gasteiger partial charge in [0.2, 0.25) is 0 Å². The van der Waals surface area contributed by atoms with Crippen LogP contribution in [0.5, 0.6) is 0 Å². The first-order chi connectivity index (χ1) is 13.5. The van der Waals surface area contributed by atoms with E-state index in [9.17, 15) is 24.5 Å². The van der Waals surface area contributed by atoms with Crippen LogP contribution in [0.2, 0.25) is 0 Å². The quantitative estimate of drug-likeness (QED) is 0.451. The van der Waals surface area contributed by atoms with Crippen molar-refractivity contribution in [3.63, 3.8) is 0 Å². The fourth-order valence-corrected chi connectivity index (χ4v) is 2.80. The second-order valence-corrected chi connectivity index (χ2v) is 7.71. The van der Waals surface area contributed by atoms with E-state index < -0.39 is 40.6 Å². The number of likely N-dealkylation sites (tertiary alicyclic amines) is 1. The lowest BCUT2D eigenvalue weighted by atomic mass is 10.2. The maximum Gasteiger partial charge on any atom is 0.411 e. The van der Waals surface area contributed by atoms with Crippen molar-refractivity contribution in [1.29, 1.82) is 0 Å². The third-order valence-electron chi connectivity index (χ3n) is 4.14. The van der Waals surface area contributed by atoms with Gasteiger partial charge in [-0.15, -0.1) is 0 Å². The summed E-state index contributed by atoms with van der Waals surface area (Å²) in [4.78, 5) is 48.6. The third kappa shape index (κ3) is 6.16. The van der Waals surface area contributed by atoms with Crippen molar-refractivity contribution in [2.75, 3.05) is 11.9 Å². The molecule has 1 unspecified atom stereocenters. The van der Waals surface area contributed by atoms with Gasteiger partial charge in [-0.05, 0) is 46.6 Å². The number of nitro benzene ring substituents is 1. The summed E-state index contributed by atoms with van der Waals surface area (Å²) in [6, 6.07) is 4.60. The van der Waals surface area contributed by atoms with E-state index in [0.717, 1.165) is 0 Å². The summed E-state index contributed by atoms with van der Waals surface area (Å²) >= 11 is 0. The fraction of sp³-hybridized carbons (Fsp3) is 0.526. The average Bonchev–Trinajstić information content (AvgIpc) is 3.10. The van der Waals surface area contributed by atoms with Crippen LogP contribution in [0.4, 0.5) is 16.2 Å². The Bertz CT molecular complexity index is 803. The summed E-state index contributed by atoms with van der Waals surface area (Å²) in [6.45, 7) is 6.94. The minimum absolute atomic E-state index is 0.175. The van der Waals surface area contributed by atoms with Crippen molar-refractivity contribution in [1.82, 2.24) is 4.90 Å². The van der Waals surface area contributed by atoms with Crippen molar-refractivity contribution in [3.05, 3.63) is 34.4 Å². The van der Waals surface area contributed by atoms with Crippen LogP contribution in [-0.2, 0) is 19.1 Å². The van der Waals surface area contributed by atoms with Gasteiger partial charge in [0, 0.05) is 24.4 Å². The van der Waals surface area contributed by atoms with Gasteiger partial charge in [0.1, 0.15) is 11.6 Å². The highest BCUT2D eigenvalue weighted by molar-refractivity contribution is 5.95. The predicted molar refractivity (Wildman–Crippen MR) is 103 cm³/mol. The van der Waals surface area contributed by atoms with Gasteiger partial charge >= 0.3 is 12.1 Å². The minimum Gasteiger partial charge on any atom is -0.451 e. The van der Waals surface area contributed by atoms with E-state index in [1.807, 2.05) is 0 Å². The van der Waals surface area contributed by atoms with Gasteiger partial charge in [0.25, 0.3) is 11.6 Å². The summed E-state index contributed by atoms with van der Waals surface area (Å²) in [5.74, 6) is -1.34. The monoisotopic (exact) mass is 407 g/mol. The van der Waals surface area contributed by atoms with Crippen LogP contribution in [0.25, 0.3) is 0 Å². The normalized spacial score (nSPS) is 17.4. The van der Waals surface area contributed by atoms with Crippen LogP contribution in [0.1, 0.15) is 40.5 Å². The van der Waals surface area contributed by atoms with Crippen molar-refractivity contribution in [2.24, 2.45) is 0 Å². The van der Waals surface area contributed by atoms with Crippen molar-refractivity contribution < 1.29 is 28.8 Å². The van der Waals surface area contributed by atoms with Crippen LogP contribution in [-0.4, -0.2) is 52.1 Å². The lowest BCUT2D eigenvalue weighted by Gasteiger charge is -2.28. The van der Waals surface area contributed by atoms with E-state index in [2.05, 4.69) is 5.32 Å². The molecule has 10 nitrogen and oxygen atoms in total. The highest BCUT2D eigenvalue weighted by Crippen LogP contribution is 2.23. The molecule has 0 bridgehead atoms. The molecule has 0 aromatic heterocycles. The van der Waals surface area contributed by atoms with Gasteiger partial charge in [-0.25, -0.2) is 9.59 Å². The number of esters is 1. The first kappa shape index (κ1) is 22.1. The third-order valence-corrected chi connectivity index (χ3v) is 4.14. The Morgan fingerprint density at radius 3 is 2.62 bits per heavy atom. The average molecular weight is 407 g/mol. The molecule has 1 aliphatic heterocycles. The molecule has 1 aromatic carbocycles. The summed E-state index contributed by atoms with van der Waals surface area (Å²) < 4.78 is 10.5. The van der Waals surface area contributed by atoms with E-state index in [4.69, 9.17) is 9.47 Å². The number of anilines is 1. The van der Waals surface area contributed by atoms with Crippen LogP contribution in [0.15, 0.2) is 24.3 Å². The number of benzene rings is 1. The summed E-state index contributed by atoms with van der Waals surface area (Å²) in [5.41, 5.74) is -0.658. The number of rotatable bonds is 5. The molecular formula is C19H25N3O7. The molecule has 0 radical (unpaired) electrons. The highest BCUT2D eigenvalue weighted by Gasteiger charge is 2.38. The zero-order valence-electron chi connectivity index (χ0n) is 16.8. The number of hydrogen-bond donors (Lipinski definition) is 1. The standard InChI is InChI=1S/C19H25N3O7/c1-12(16(23)20-13-7-5-8-14(11-13)22(26)27)28-17(24)15-9-6-10-21(15)18(25)29-19(2,3)4/h5,7-8,11-12,15H,6,9-10H2,1-4H3,(H,20,23)/t12?,15-/m0/s1. The molecule has 0 aliphatic carbocycles. The number of carbonyl (C=O) groups excluding carboxylic acids is 3. The Morgan fingerprint density at radius 2 is 2.00 bits per heavy atom. The maximum atomic E-state index is 12.5. The van der Waals surface area contributed by atoms with Gasteiger partial charge in [0.15, 0.2) is 6.10 Å². The number of hydrogen-bond acceptors (Lipinski definition) is 7. The molecule has 10 heteroatoms. The van der Waals surface area contributed by atoms with E-state index in [1.165, 1.54) is 36.1 Å². The maximum absolute atomic E-state index is 12.5. The highest BCUT2D eigenvalue weighted by atomic mass is 16.6. The molecule has 1 aromatic rings. The number of non-ortho nitro benzene ring substituents is 1. The number of amides is 2. The van der Waals surface area contributed by atoms with Crippen LogP contribution in [0.3, 0.4) is 0 Å². The van der Waals surface area contributed by atoms with Crippen LogP contribution in [0, 0.1) is 10.1 Å². The van der Waals surface area contributed by atoms with E-state index in [-0.39, 0.29) is 11.4 Å². The molecular weight excluding hydrogens is 382 g/mol. The largest absolute Gasteiger partial charge is 0.451 e. The molecule has 29 heavy (non-hydrogen) atoms. The molecule has 2 atom stereocenters. The molecule has 0 saturated carbocycles. The van der Waals surface area contributed by atoms with Crippen LogP contribution >= 0.6 is 0 Å². The predicted octanol–water partition coefficient (Wildman–Crippen LogP) is 2.86. The lowest BCUT2D eigenvalue weighted by Crippen LogP contribution is -2.45. The second kappa shape index (κ2) is 8.89. The first-order valence-corrected chi connectivity index (χ1v) is 9.23. The molecule has 2 amide bonds. The van der Waals surface area contributed by atoms with Crippen molar-refractivity contribution in [2.45, 2.75) is 58.3 Å². The Morgan fingerprint density at radius 1 is 1.31 bits per heavy atom. The minimum atomic E-state index is -1.15. The van der Waals surface area contributed by atoms with E-state index in [0.29, 0.717) is 19.4 Å². The number of nitrogens with zero attached hydrogens (tertiary/aromatic N) is 2. The lowest BCUT2D eigenvalue weighted by molar-refractivity contribution is -0.384. The number of nitro groups is 1.